The first kappa shape index (κ1) is 17.0. The normalized spacial score (nSPS) is 11.9. The number of rotatable bonds is 7. The van der Waals surface area contributed by atoms with E-state index in [1.807, 2.05) is 0 Å². The van der Waals surface area contributed by atoms with Crippen LogP contribution in [0.2, 0.25) is 0 Å². The molecule has 114 valence electrons. The van der Waals surface area contributed by atoms with Crippen LogP contribution in [0.3, 0.4) is 0 Å². The smallest absolute Gasteiger partial charge is 0.126 e. The van der Waals surface area contributed by atoms with Gasteiger partial charge in [0.25, 0.3) is 0 Å². The molecule has 0 amide bonds. The Hall–Kier alpha value is -1.06. The van der Waals surface area contributed by atoms with Gasteiger partial charge >= 0.3 is 0 Å². The number of hydrogen-bond donors (Lipinski definition) is 1. The van der Waals surface area contributed by atoms with Crippen LogP contribution in [0.25, 0.3) is 0 Å². The van der Waals surface area contributed by atoms with E-state index >= 15 is 0 Å². The van der Waals surface area contributed by atoms with Crippen molar-refractivity contribution < 1.29 is 9.47 Å². The van der Waals surface area contributed by atoms with Crippen LogP contribution in [0.1, 0.15) is 45.7 Å². The minimum absolute atomic E-state index is 0.114. The van der Waals surface area contributed by atoms with E-state index in [1.165, 1.54) is 11.1 Å². The predicted molar refractivity (Wildman–Crippen MR) is 84.4 cm³/mol. The van der Waals surface area contributed by atoms with Gasteiger partial charge in [-0.25, -0.2) is 0 Å². The molecule has 20 heavy (non-hydrogen) atoms. The Balaban J connectivity index is 2.58. The summed E-state index contributed by atoms with van der Waals surface area (Å²) in [5.41, 5.74) is 2.26. The molecule has 3 heteroatoms. The van der Waals surface area contributed by atoms with E-state index in [0.29, 0.717) is 19.3 Å². The molecule has 0 bridgehead atoms. The van der Waals surface area contributed by atoms with Crippen molar-refractivity contribution in [1.29, 1.82) is 0 Å². The average molecular weight is 279 g/mol. The molecular weight excluding hydrogens is 250 g/mol. The van der Waals surface area contributed by atoms with Crippen LogP contribution in [0.15, 0.2) is 18.2 Å². The van der Waals surface area contributed by atoms with E-state index in [-0.39, 0.29) is 5.60 Å². The SMILES string of the molecule is Cc1cccc(CNC(C)C)c1OCCOC(C)(C)C. The van der Waals surface area contributed by atoms with Crippen molar-refractivity contribution in [2.45, 2.75) is 59.7 Å². The van der Waals surface area contributed by atoms with Gasteiger partial charge in [-0.1, -0.05) is 32.0 Å². The average Bonchev–Trinajstić information content (AvgIpc) is 2.32. The molecule has 0 radical (unpaired) electrons. The minimum Gasteiger partial charge on any atom is -0.491 e. The van der Waals surface area contributed by atoms with E-state index in [2.05, 4.69) is 65.1 Å². The number of nitrogens with one attached hydrogen (secondary N) is 1. The van der Waals surface area contributed by atoms with Crippen molar-refractivity contribution in [3.63, 3.8) is 0 Å². The summed E-state index contributed by atoms with van der Waals surface area (Å²) in [4.78, 5) is 0. The summed E-state index contributed by atoms with van der Waals surface area (Å²) in [6, 6.07) is 6.74. The molecule has 1 aromatic rings. The van der Waals surface area contributed by atoms with Gasteiger partial charge in [0.05, 0.1) is 12.2 Å². The van der Waals surface area contributed by atoms with Crippen molar-refractivity contribution in [2.75, 3.05) is 13.2 Å². The third-order valence-electron chi connectivity index (χ3n) is 2.86. The van der Waals surface area contributed by atoms with Crippen LogP contribution in [0, 0.1) is 6.92 Å². The standard InChI is InChI=1S/C17H29NO2/c1-13(2)18-12-15-9-7-8-14(3)16(15)19-10-11-20-17(4,5)6/h7-9,13,18H,10-12H2,1-6H3. The molecule has 0 atom stereocenters. The van der Waals surface area contributed by atoms with E-state index in [4.69, 9.17) is 9.47 Å². The van der Waals surface area contributed by atoms with Crippen LogP contribution < -0.4 is 10.1 Å². The molecule has 0 fully saturated rings. The topological polar surface area (TPSA) is 30.5 Å². The zero-order chi connectivity index (χ0) is 15.2. The summed E-state index contributed by atoms with van der Waals surface area (Å²) in [6.45, 7) is 14.6. The molecular formula is C17H29NO2. The van der Waals surface area contributed by atoms with Gasteiger partial charge in [0.2, 0.25) is 0 Å². The zero-order valence-electron chi connectivity index (χ0n) is 13.7. The molecule has 0 aliphatic rings. The van der Waals surface area contributed by atoms with E-state index in [9.17, 15) is 0 Å². The molecule has 0 aromatic heterocycles. The molecule has 0 saturated carbocycles. The fourth-order valence-electron chi connectivity index (χ4n) is 1.86. The van der Waals surface area contributed by atoms with Crippen LogP contribution in [0.5, 0.6) is 5.75 Å². The molecule has 0 spiro atoms. The molecule has 1 rings (SSSR count). The lowest BCUT2D eigenvalue weighted by Crippen LogP contribution is -2.24. The van der Waals surface area contributed by atoms with Gasteiger partial charge in [0.1, 0.15) is 12.4 Å². The number of ether oxygens (including phenoxy) is 2. The summed E-state index contributed by atoms with van der Waals surface area (Å²) < 4.78 is 11.6. The Morgan fingerprint density at radius 3 is 2.45 bits per heavy atom. The lowest BCUT2D eigenvalue weighted by atomic mass is 10.1. The second-order valence-electron chi connectivity index (χ2n) is 6.41. The Labute approximate surface area is 123 Å². The third kappa shape index (κ3) is 6.40. The lowest BCUT2D eigenvalue weighted by Gasteiger charge is -2.20. The zero-order valence-corrected chi connectivity index (χ0v) is 13.7. The van der Waals surface area contributed by atoms with Crippen LogP contribution in [-0.2, 0) is 11.3 Å². The van der Waals surface area contributed by atoms with Gasteiger partial charge in [-0.05, 0) is 33.3 Å². The summed E-state index contributed by atoms with van der Waals surface area (Å²) in [5.74, 6) is 0.984. The highest BCUT2D eigenvalue weighted by Gasteiger charge is 2.11. The van der Waals surface area contributed by atoms with Gasteiger partial charge in [-0.15, -0.1) is 0 Å². The minimum atomic E-state index is -0.114. The van der Waals surface area contributed by atoms with Crippen LogP contribution in [-0.4, -0.2) is 24.9 Å². The Morgan fingerprint density at radius 1 is 1.15 bits per heavy atom. The number of benzene rings is 1. The highest BCUT2D eigenvalue weighted by Crippen LogP contribution is 2.23. The first-order chi connectivity index (χ1) is 9.29. The number of hydrogen-bond acceptors (Lipinski definition) is 3. The first-order valence-corrected chi connectivity index (χ1v) is 7.38. The van der Waals surface area contributed by atoms with Crippen molar-refractivity contribution in [3.8, 4) is 5.75 Å². The number of para-hydroxylation sites is 1. The van der Waals surface area contributed by atoms with E-state index in [1.54, 1.807) is 0 Å². The van der Waals surface area contributed by atoms with Gasteiger partial charge in [-0.2, -0.15) is 0 Å². The first-order valence-electron chi connectivity index (χ1n) is 7.38. The van der Waals surface area contributed by atoms with Crippen molar-refractivity contribution in [1.82, 2.24) is 5.32 Å². The highest BCUT2D eigenvalue weighted by atomic mass is 16.5. The summed E-state index contributed by atoms with van der Waals surface area (Å²) in [6.07, 6.45) is 0. The van der Waals surface area contributed by atoms with Gasteiger partial charge < -0.3 is 14.8 Å². The second-order valence-corrected chi connectivity index (χ2v) is 6.41. The predicted octanol–water partition coefficient (Wildman–Crippen LogP) is 3.69. The Bertz CT molecular complexity index is 408. The van der Waals surface area contributed by atoms with Crippen LogP contribution >= 0.6 is 0 Å². The summed E-state index contributed by atoms with van der Waals surface area (Å²) >= 11 is 0. The quantitative estimate of drug-likeness (QED) is 0.772. The van der Waals surface area contributed by atoms with Gasteiger partial charge in [0.15, 0.2) is 0 Å². The maximum atomic E-state index is 5.93. The van der Waals surface area contributed by atoms with Crippen molar-refractivity contribution in [3.05, 3.63) is 29.3 Å². The number of aryl methyl sites for hydroxylation is 1. The summed E-state index contributed by atoms with van der Waals surface area (Å²) in [5, 5.41) is 3.43. The molecule has 0 aliphatic carbocycles. The largest absolute Gasteiger partial charge is 0.491 e. The molecule has 1 aromatic carbocycles. The maximum absolute atomic E-state index is 5.93. The third-order valence-corrected chi connectivity index (χ3v) is 2.86. The monoisotopic (exact) mass is 279 g/mol. The second kappa shape index (κ2) is 7.65. The molecule has 0 saturated heterocycles. The van der Waals surface area contributed by atoms with E-state index in [0.717, 1.165) is 12.3 Å². The molecule has 0 unspecified atom stereocenters. The maximum Gasteiger partial charge on any atom is 0.126 e. The Morgan fingerprint density at radius 2 is 1.85 bits per heavy atom. The summed E-state index contributed by atoms with van der Waals surface area (Å²) in [7, 11) is 0. The molecule has 0 heterocycles. The highest BCUT2D eigenvalue weighted by molar-refractivity contribution is 5.40. The van der Waals surface area contributed by atoms with Crippen molar-refractivity contribution >= 4 is 0 Å². The van der Waals surface area contributed by atoms with Gasteiger partial charge in [-0.3, -0.25) is 0 Å². The fraction of sp³-hybridized carbons (Fsp3) is 0.647. The van der Waals surface area contributed by atoms with Crippen LogP contribution in [0.4, 0.5) is 0 Å². The van der Waals surface area contributed by atoms with Crippen molar-refractivity contribution in [2.24, 2.45) is 0 Å². The lowest BCUT2D eigenvalue weighted by molar-refractivity contribution is -0.0164. The van der Waals surface area contributed by atoms with Gasteiger partial charge in [0, 0.05) is 18.2 Å². The molecule has 0 aliphatic heterocycles. The molecule has 3 nitrogen and oxygen atoms in total. The fourth-order valence-corrected chi connectivity index (χ4v) is 1.86. The Kier molecular flexibility index (Phi) is 6.50. The van der Waals surface area contributed by atoms with E-state index < -0.39 is 0 Å². The molecule has 1 N–H and O–H groups in total.